The van der Waals surface area contributed by atoms with Gasteiger partial charge in [-0.3, -0.25) is 0 Å². The largest absolute Gasteiger partial charge is 0.341 e. The predicted molar refractivity (Wildman–Crippen MR) is 78.0 cm³/mol. The van der Waals surface area contributed by atoms with E-state index >= 15 is 0 Å². The molecule has 2 rings (SSSR count). The molecule has 0 spiro atoms. The predicted octanol–water partition coefficient (Wildman–Crippen LogP) is 4.81. The van der Waals surface area contributed by atoms with E-state index in [2.05, 4.69) is 40.4 Å². The van der Waals surface area contributed by atoms with Gasteiger partial charge in [-0.15, -0.1) is 0 Å². The first-order chi connectivity index (χ1) is 8.15. The molecule has 0 saturated carbocycles. The van der Waals surface area contributed by atoms with Crippen molar-refractivity contribution < 1.29 is 0 Å². The van der Waals surface area contributed by atoms with Gasteiger partial charge in [-0.2, -0.15) is 0 Å². The average molecular weight is 311 g/mol. The highest BCUT2D eigenvalue weighted by Crippen LogP contribution is 2.35. The molecular weight excluding hydrogens is 298 g/mol. The molecule has 1 nitrogen and oxygen atoms in total. The van der Waals surface area contributed by atoms with Crippen molar-refractivity contribution in [2.24, 2.45) is 0 Å². The minimum Gasteiger partial charge on any atom is -0.341 e. The molecule has 0 unspecified atom stereocenters. The Hall–Kier alpha value is -0.990. The standard InChI is InChI=1S/C14H13BrClN/c1-3-17-10(2)12(15)8-9-14(17)11-6-4-5-7-13(11)16/h4-9H,2-3H2,1H3. The zero-order chi connectivity index (χ0) is 12.4. The van der Waals surface area contributed by atoms with Crippen molar-refractivity contribution in [1.82, 2.24) is 4.90 Å². The van der Waals surface area contributed by atoms with Crippen molar-refractivity contribution in [2.45, 2.75) is 6.92 Å². The average Bonchev–Trinajstić information content (AvgIpc) is 2.33. The lowest BCUT2D eigenvalue weighted by atomic mass is 10.1. The van der Waals surface area contributed by atoms with Gasteiger partial charge in [-0.05, 0) is 41.1 Å². The van der Waals surface area contributed by atoms with Crippen molar-refractivity contribution in [1.29, 1.82) is 0 Å². The molecule has 0 fully saturated rings. The number of halogens is 2. The summed E-state index contributed by atoms with van der Waals surface area (Å²) < 4.78 is 1.01. The van der Waals surface area contributed by atoms with Crippen LogP contribution in [0.2, 0.25) is 5.02 Å². The summed E-state index contributed by atoms with van der Waals surface area (Å²) in [7, 11) is 0. The summed E-state index contributed by atoms with van der Waals surface area (Å²) in [4.78, 5) is 2.14. The fraction of sp³-hybridized carbons (Fsp3) is 0.143. The van der Waals surface area contributed by atoms with Crippen molar-refractivity contribution in [3.63, 3.8) is 0 Å². The molecule has 1 aliphatic heterocycles. The van der Waals surface area contributed by atoms with E-state index in [4.69, 9.17) is 11.6 Å². The zero-order valence-electron chi connectivity index (χ0n) is 9.58. The molecule has 1 heterocycles. The van der Waals surface area contributed by atoms with Crippen molar-refractivity contribution in [3.8, 4) is 0 Å². The van der Waals surface area contributed by atoms with Gasteiger partial charge in [-0.1, -0.05) is 36.4 Å². The summed E-state index contributed by atoms with van der Waals surface area (Å²) in [5, 5.41) is 0.761. The van der Waals surface area contributed by atoms with Crippen LogP contribution in [0.15, 0.2) is 53.2 Å². The highest BCUT2D eigenvalue weighted by atomic mass is 79.9. The fourth-order valence-corrected chi connectivity index (χ4v) is 2.46. The molecule has 0 aliphatic carbocycles. The van der Waals surface area contributed by atoms with Gasteiger partial charge in [-0.25, -0.2) is 0 Å². The number of likely N-dealkylation sites (N-methyl/N-ethyl adjacent to an activating group) is 1. The highest BCUT2D eigenvalue weighted by molar-refractivity contribution is 9.12. The van der Waals surface area contributed by atoms with Gasteiger partial charge in [0.15, 0.2) is 0 Å². The van der Waals surface area contributed by atoms with E-state index in [1.54, 1.807) is 0 Å². The quantitative estimate of drug-likeness (QED) is 0.758. The van der Waals surface area contributed by atoms with Crippen LogP contribution in [0.3, 0.4) is 0 Å². The second kappa shape index (κ2) is 5.11. The van der Waals surface area contributed by atoms with E-state index < -0.39 is 0 Å². The van der Waals surface area contributed by atoms with Crippen LogP contribution in [0.25, 0.3) is 5.70 Å². The van der Waals surface area contributed by atoms with Crippen molar-refractivity contribution in [3.05, 3.63) is 63.8 Å². The number of nitrogens with zero attached hydrogens (tertiary/aromatic N) is 1. The van der Waals surface area contributed by atoms with E-state index in [9.17, 15) is 0 Å². The molecule has 0 radical (unpaired) electrons. The maximum atomic E-state index is 6.23. The minimum atomic E-state index is 0.761. The lowest BCUT2D eigenvalue weighted by Crippen LogP contribution is -2.22. The van der Waals surface area contributed by atoms with Gasteiger partial charge in [0.05, 0.1) is 0 Å². The molecule has 0 bridgehead atoms. The Morgan fingerprint density at radius 1 is 1.29 bits per heavy atom. The Labute approximate surface area is 115 Å². The first-order valence-corrected chi connectivity index (χ1v) is 6.61. The first-order valence-electron chi connectivity index (χ1n) is 5.44. The van der Waals surface area contributed by atoms with E-state index in [0.717, 1.165) is 33.0 Å². The van der Waals surface area contributed by atoms with Gasteiger partial charge >= 0.3 is 0 Å². The van der Waals surface area contributed by atoms with Crippen LogP contribution in [-0.2, 0) is 0 Å². The third-order valence-electron chi connectivity index (χ3n) is 2.75. The molecule has 88 valence electrons. The zero-order valence-corrected chi connectivity index (χ0v) is 11.9. The summed E-state index contributed by atoms with van der Waals surface area (Å²) in [5.41, 5.74) is 3.09. The maximum Gasteiger partial charge on any atom is 0.0499 e. The molecule has 0 saturated heterocycles. The molecule has 0 atom stereocenters. The van der Waals surface area contributed by atoms with Gasteiger partial charge in [0.1, 0.15) is 0 Å². The molecule has 3 heteroatoms. The van der Waals surface area contributed by atoms with Crippen LogP contribution in [0.5, 0.6) is 0 Å². The molecule has 0 aromatic heterocycles. The van der Waals surface area contributed by atoms with Gasteiger partial charge in [0.2, 0.25) is 0 Å². The van der Waals surface area contributed by atoms with Crippen LogP contribution in [0, 0.1) is 0 Å². The van der Waals surface area contributed by atoms with Gasteiger partial charge < -0.3 is 4.90 Å². The summed E-state index contributed by atoms with van der Waals surface area (Å²) in [6.07, 6.45) is 4.07. The molecule has 1 aromatic carbocycles. The SMILES string of the molecule is C=C1C(Br)=CC=C(c2ccccc2Cl)N1CC. The van der Waals surface area contributed by atoms with Crippen LogP contribution in [-0.4, -0.2) is 11.4 Å². The van der Waals surface area contributed by atoms with Gasteiger partial charge in [0, 0.05) is 33.0 Å². The van der Waals surface area contributed by atoms with Gasteiger partial charge in [0.25, 0.3) is 0 Å². The first kappa shape index (κ1) is 12.5. The van der Waals surface area contributed by atoms with E-state index in [-0.39, 0.29) is 0 Å². The summed E-state index contributed by atoms with van der Waals surface area (Å²) in [5.74, 6) is 0. The Kier molecular flexibility index (Phi) is 3.75. The maximum absolute atomic E-state index is 6.23. The van der Waals surface area contributed by atoms with Crippen molar-refractivity contribution >= 4 is 33.2 Å². The third-order valence-corrected chi connectivity index (χ3v) is 3.80. The Morgan fingerprint density at radius 3 is 2.65 bits per heavy atom. The number of hydrogen-bond donors (Lipinski definition) is 0. The number of hydrogen-bond acceptors (Lipinski definition) is 1. The summed E-state index contributed by atoms with van der Waals surface area (Å²) >= 11 is 9.73. The molecule has 17 heavy (non-hydrogen) atoms. The fourth-order valence-electron chi connectivity index (χ4n) is 1.88. The topological polar surface area (TPSA) is 3.24 Å². The number of benzene rings is 1. The van der Waals surface area contributed by atoms with Crippen LogP contribution < -0.4 is 0 Å². The number of rotatable bonds is 2. The Balaban J connectivity index is 2.51. The monoisotopic (exact) mass is 309 g/mol. The normalized spacial score (nSPS) is 15.7. The van der Waals surface area contributed by atoms with Crippen LogP contribution in [0.1, 0.15) is 12.5 Å². The van der Waals surface area contributed by atoms with E-state index in [1.165, 1.54) is 0 Å². The van der Waals surface area contributed by atoms with E-state index in [0.29, 0.717) is 0 Å². The smallest absolute Gasteiger partial charge is 0.0499 e. The lowest BCUT2D eigenvalue weighted by Gasteiger charge is -2.31. The van der Waals surface area contributed by atoms with Crippen molar-refractivity contribution in [2.75, 3.05) is 6.54 Å². The minimum absolute atomic E-state index is 0.761. The number of allylic oxidation sites excluding steroid dienone is 3. The van der Waals surface area contributed by atoms with Crippen LogP contribution in [0.4, 0.5) is 0 Å². The summed E-state index contributed by atoms with van der Waals surface area (Å²) in [6.45, 7) is 7.04. The molecule has 1 aromatic rings. The highest BCUT2D eigenvalue weighted by Gasteiger charge is 2.19. The molecule has 1 aliphatic rings. The Bertz CT molecular complexity index is 517. The molecule has 0 N–H and O–H groups in total. The lowest BCUT2D eigenvalue weighted by molar-refractivity contribution is 0.529. The second-order valence-corrected chi connectivity index (χ2v) is 5.00. The summed E-state index contributed by atoms with van der Waals surface area (Å²) in [6, 6.07) is 7.86. The molecule has 0 amide bonds. The third kappa shape index (κ3) is 2.33. The Morgan fingerprint density at radius 2 is 2.00 bits per heavy atom. The second-order valence-electron chi connectivity index (χ2n) is 3.74. The molecular formula is C14H13BrClN. The van der Waals surface area contributed by atoms with Crippen LogP contribution >= 0.6 is 27.5 Å². The van der Waals surface area contributed by atoms with E-state index in [1.807, 2.05) is 30.3 Å².